The molecule has 1 atom stereocenters. The highest BCUT2D eigenvalue weighted by Gasteiger charge is 2.44. The predicted octanol–water partition coefficient (Wildman–Crippen LogP) is 2.23. The second-order valence-electron chi connectivity index (χ2n) is 8.51. The van der Waals surface area contributed by atoms with Crippen LogP contribution in [0.3, 0.4) is 0 Å². The Morgan fingerprint density at radius 2 is 1.87 bits per heavy atom. The fourth-order valence-electron chi connectivity index (χ4n) is 4.61. The fraction of sp³-hybridized carbons (Fsp3) is 0.480. The lowest BCUT2D eigenvalue weighted by molar-refractivity contribution is -0.0713. The van der Waals surface area contributed by atoms with E-state index in [0.717, 1.165) is 42.8 Å². The van der Waals surface area contributed by atoms with Gasteiger partial charge in [0, 0.05) is 30.5 Å². The fourth-order valence-corrected chi connectivity index (χ4v) is 4.61. The van der Waals surface area contributed by atoms with E-state index in [2.05, 4.69) is 28.9 Å². The maximum atomic E-state index is 11.2. The van der Waals surface area contributed by atoms with E-state index in [4.69, 9.17) is 19.2 Å². The third-order valence-corrected chi connectivity index (χ3v) is 6.36. The summed E-state index contributed by atoms with van der Waals surface area (Å²) >= 11 is 0. The summed E-state index contributed by atoms with van der Waals surface area (Å²) in [6.45, 7) is 4.26. The largest absolute Gasteiger partial charge is 0.472 e. The Morgan fingerprint density at radius 3 is 2.58 bits per heavy atom. The number of hydrogen-bond donors (Lipinski definition) is 1. The van der Waals surface area contributed by atoms with E-state index in [0.29, 0.717) is 38.7 Å². The smallest absolute Gasteiger partial charge is 0.213 e. The summed E-state index contributed by atoms with van der Waals surface area (Å²) in [5.74, 6) is 7.25. The number of rotatable bonds is 5. The Balaban J connectivity index is 1.39. The Bertz CT molecular complexity index is 956. The van der Waals surface area contributed by atoms with Crippen molar-refractivity contribution in [1.82, 2.24) is 9.88 Å². The molecule has 4 saturated heterocycles. The van der Waals surface area contributed by atoms with Crippen molar-refractivity contribution in [1.29, 1.82) is 0 Å². The molecule has 1 aromatic heterocycles. The maximum absolute atomic E-state index is 11.2. The molecule has 4 fully saturated rings. The highest BCUT2D eigenvalue weighted by molar-refractivity contribution is 5.44. The molecule has 0 amide bonds. The molecule has 2 aromatic rings. The topological polar surface area (TPSA) is 64.0 Å². The standard InChI is InChI=1S/C25H28N2O4/c28-25(18-27-12-9-21(25)10-13-27)11-8-20-6-7-23(31-17-24-29-14-15-30-24)26-22(20)16-19-4-2-1-3-5-19/h1-7,21,24,28H,9-10,12-18H2. The molecule has 6 rings (SSSR count). The monoisotopic (exact) mass is 420 g/mol. The average Bonchev–Trinajstić information content (AvgIpc) is 3.32. The van der Waals surface area contributed by atoms with E-state index in [1.165, 1.54) is 0 Å². The summed E-state index contributed by atoms with van der Waals surface area (Å²) < 4.78 is 16.7. The molecule has 0 radical (unpaired) electrons. The number of fused-ring (bicyclic) bond motifs is 3. The van der Waals surface area contributed by atoms with Crippen molar-refractivity contribution in [2.75, 3.05) is 39.5 Å². The molecule has 4 aliphatic heterocycles. The summed E-state index contributed by atoms with van der Waals surface area (Å²) in [4.78, 5) is 7.04. The highest BCUT2D eigenvalue weighted by atomic mass is 16.7. The summed E-state index contributed by atoms with van der Waals surface area (Å²) in [6, 6.07) is 14.0. The van der Waals surface area contributed by atoms with Gasteiger partial charge in [-0.2, -0.15) is 0 Å². The number of aliphatic hydroxyl groups is 1. The number of piperidine rings is 3. The van der Waals surface area contributed by atoms with Crippen LogP contribution in [0, 0.1) is 17.8 Å². The van der Waals surface area contributed by atoms with Crippen molar-refractivity contribution >= 4 is 0 Å². The van der Waals surface area contributed by atoms with Crippen LogP contribution < -0.4 is 4.74 Å². The van der Waals surface area contributed by atoms with Gasteiger partial charge < -0.3 is 19.3 Å². The Morgan fingerprint density at radius 1 is 1.10 bits per heavy atom. The lowest BCUT2D eigenvalue weighted by Gasteiger charge is -2.47. The zero-order chi connectivity index (χ0) is 21.1. The van der Waals surface area contributed by atoms with E-state index < -0.39 is 5.60 Å². The summed E-state index contributed by atoms with van der Waals surface area (Å²) in [7, 11) is 0. The molecule has 1 N–H and O–H groups in total. The summed E-state index contributed by atoms with van der Waals surface area (Å²) in [5.41, 5.74) is 1.88. The van der Waals surface area contributed by atoms with Gasteiger partial charge in [-0.3, -0.25) is 4.90 Å². The van der Waals surface area contributed by atoms with Gasteiger partial charge in [0.15, 0.2) is 6.29 Å². The van der Waals surface area contributed by atoms with E-state index >= 15 is 0 Å². The first kappa shape index (κ1) is 20.5. The van der Waals surface area contributed by atoms with Crippen LogP contribution in [0.1, 0.15) is 29.7 Å². The molecule has 162 valence electrons. The molecule has 0 saturated carbocycles. The first-order chi connectivity index (χ1) is 15.2. The SMILES string of the molecule is OC1(C#Cc2ccc(OCC3OCCO3)nc2Cc2ccccc2)CN2CCC1CC2. The quantitative estimate of drug-likeness (QED) is 0.749. The lowest BCUT2D eigenvalue weighted by Crippen LogP contribution is -2.58. The molecule has 1 unspecified atom stereocenters. The number of aromatic nitrogens is 1. The van der Waals surface area contributed by atoms with Gasteiger partial charge in [0.2, 0.25) is 5.88 Å². The molecule has 2 bridgehead atoms. The molecular weight excluding hydrogens is 392 g/mol. The minimum absolute atomic E-state index is 0.254. The zero-order valence-corrected chi connectivity index (χ0v) is 17.6. The van der Waals surface area contributed by atoms with Crippen LogP contribution >= 0.6 is 0 Å². The van der Waals surface area contributed by atoms with Crippen LogP contribution in [0.25, 0.3) is 0 Å². The number of pyridine rings is 1. The lowest BCUT2D eigenvalue weighted by atomic mass is 9.75. The van der Waals surface area contributed by atoms with Crippen molar-refractivity contribution < 1.29 is 19.3 Å². The van der Waals surface area contributed by atoms with Gasteiger partial charge in [0.25, 0.3) is 0 Å². The highest BCUT2D eigenvalue weighted by Crippen LogP contribution is 2.35. The molecule has 0 aliphatic carbocycles. The Kier molecular flexibility index (Phi) is 5.93. The van der Waals surface area contributed by atoms with E-state index in [-0.39, 0.29) is 12.2 Å². The minimum Gasteiger partial charge on any atom is -0.472 e. The van der Waals surface area contributed by atoms with Gasteiger partial charge >= 0.3 is 0 Å². The first-order valence-corrected chi connectivity index (χ1v) is 11.1. The number of hydrogen-bond acceptors (Lipinski definition) is 6. The number of nitrogens with zero attached hydrogens (tertiary/aromatic N) is 2. The van der Waals surface area contributed by atoms with Crippen LogP contribution in [0.15, 0.2) is 42.5 Å². The number of benzene rings is 1. The van der Waals surface area contributed by atoms with Crippen LogP contribution in [0.4, 0.5) is 0 Å². The van der Waals surface area contributed by atoms with Gasteiger partial charge in [0.1, 0.15) is 12.2 Å². The summed E-state index contributed by atoms with van der Waals surface area (Å²) in [6.07, 6.45) is 2.33. The Labute approximate surface area is 183 Å². The van der Waals surface area contributed by atoms with Gasteiger partial charge in [-0.25, -0.2) is 4.98 Å². The third-order valence-electron chi connectivity index (χ3n) is 6.36. The normalized spacial score (nSPS) is 27.6. The second-order valence-corrected chi connectivity index (χ2v) is 8.51. The van der Waals surface area contributed by atoms with E-state index in [1.807, 2.05) is 30.3 Å². The third kappa shape index (κ3) is 4.76. The van der Waals surface area contributed by atoms with Crippen LogP contribution in [0.5, 0.6) is 5.88 Å². The molecule has 6 nitrogen and oxygen atoms in total. The van der Waals surface area contributed by atoms with Crippen LogP contribution in [-0.2, 0) is 15.9 Å². The molecular formula is C25H28N2O4. The van der Waals surface area contributed by atoms with Crippen LogP contribution in [0.2, 0.25) is 0 Å². The molecule has 0 spiro atoms. The Hall–Kier alpha value is -2.43. The maximum Gasteiger partial charge on any atom is 0.213 e. The van der Waals surface area contributed by atoms with Crippen molar-refractivity contribution in [3.63, 3.8) is 0 Å². The van der Waals surface area contributed by atoms with Crippen molar-refractivity contribution in [3.05, 3.63) is 59.3 Å². The molecule has 31 heavy (non-hydrogen) atoms. The predicted molar refractivity (Wildman–Crippen MR) is 116 cm³/mol. The van der Waals surface area contributed by atoms with Gasteiger partial charge in [-0.15, -0.1) is 0 Å². The van der Waals surface area contributed by atoms with Crippen molar-refractivity contribution in [2.45, 2.75) is 31.2 Å². The minimum atomic E-state index is -0.938. The first-order valence-electron chi connectivity index (χ1n) is 11.1. The van der Waals surface area contributed by atoms with E-state index in [1.54, 1.807) is 0 Å². The van der Waals surface area contributed by atoms with Crippen molar-refractivity contribution in [2.24, 2.45) is 5.92 Å². The molecule has 6 heteroatoms. The zero-order valence-electron chi connectivity index (χ0n) is 17.6. The van der Waals surface area contributed by atoms with Gasteiger partial charge in [-0.1, -0.05) is 42.2 Å². The van der Waals surface area contributed by atoms with Crippen LogP contribution in [-0.4, -0.2) is 66.3 Å². The number of ether oxygens (including phenoxy) is 3. The molecule has 5 heterocycles. The molecule has 1 aromatic carbocycles. The molecule has 4 aliphatic rings. The van der Waals surface area contributed by atoms with E-state index in [9.17, 15) is 5.11 Å². The van der Waals surface area contributed by atoms with Gasteiger partial charge in [0.05, 0.1) is 18.9 Å². The van der Waals surface area contributed by atoms with Gasteiger partial charge in [-0.05, 0) is 37.6 Å². The van der Waals surface area contributed by atoms with Crippen molar-refractivity contribution in [3.8, 4) is 17.7 Å². The second kappa shape index (κ2) is 8.97. The average molecular weight is 421 g/mol. The summed E-state index contributed by atoms with van der Waals surface area (Å²) in [5, 5.41) is 11.2.